The number of imide groups is 2. The van der Waals surface area contributed by atoms with Gasteiger partial charge in [0.05, 0.1) is 11.1 Å². The van der Waals surface area contributed by atoms with Crippen molar-refractivity contribution >= 4 is 23.6 Å². The minimum Gasteiger partial charge on any atom is -0.313 e. The van der Waals surface area contributed by atoms with Gasteiger partial charge in [-0.25, -0.2) is 0 Å². The lowest BCUT2D eigenvalue weighted by molar-refractivity contribution is -0.136. The summed E-state index contributed by atoms with van der Waals surface area (Å²) >= 11 is 0. The van der Waals surface area contributed by atoms with Crippen molar-refractivity contribution in [1.29, 1.82) is 0 Å². The molecule has 8 heteroatoms. The second-order valence-corrected chi connectivity index (χ2v) is 8.18. The van der Waals surface area contributed by atoms with E-state index in [9.17, 15) is 19.2 Å². The predicted molar refractivity (Wildman–Crippen MR) is 98.4 cm³/mol. The van der Waals surface area contributed by atoms with Gasteiger partial charge in [0.1, 0.15) is 6.04 Å². The van der Waals surface area contributed by atoms with Crippen molar-refractivity contribution in [3.05, 3.63) is 34.9 Å². The molecular formula is C20H22N4O4. The largest absolute Gasteiger partial charge is 0.313 e. The highest BCUT2D eigenvalue weighted by Crippen LogP contribution is 2.35. The Morgan fingerprint density at radius 2 is 1.86 bits per heavy atom. The Kier molecular flexibility index (Phi) is 3.89. The summed E-state index contributed by atoms with van der Waals surface area (Å²) in [6, 6.07) is 4.46. The molecule has 4 aliphatic heterocycles. The molecule has 3 fully saturated rings. The summed E-state index contributed by atoms with van der Waals surface area (Å²) in [4.78, 5) is 52.7. The van der Waals surface area contributed by atoms with Crippen LogP contribution in [0.5, 0.6) is 0 Å². The van der Waals surface area contributed by atoms with Crippen molar-refractivity contribution in [3.63, 3.8) is 0 Å². The fourth-order valence-corrected chi connectivity index (χ4v) is 4.89. The van der Waals surface area contributed by atoms with Crippen molar-refractivity contribution in [3.8, 4) is 0 Å². The van der Waals surface area contributed by atoms with Gasteiger partial charge in [0, 0.05) is 31.6 Å². The van der Waals surface area contributed by atoms with Gasteiger partial charge in [-0.3, -0.25) is 34.3 Å². The monoisotopic (exact) mass is 382 g/mol. The van der Waals surface area contributed by atoms with E-state index in [2.05, 4.69) is 15.5 Å². The van der Waals surface area contributed by atoms with Gasteiger partial charge in [0.15, 0.2) is 0 Å². The molecule has 1 aromatic rings. The Labute approximate surface area is 162 Å². The van der Waals surface area contributed by atoms with Crippen LogP contribution in [-0.2, 0) is 16.1 Å². The maximum Gasteiger partial charge on any atom is 0.262 e. The molecule has 146 valence electrons. The maximum absolute atomic E-state index is 12.9. The molecule has 4 aliphatic rings. The molecule has 5 rings (SSSR count). The van der Waals surface area contributed by atoms with Gasteiger partial charge in [-0.1, -0.05) is 6.07 Å². The van der Waals surface area contributed by atoms with Crippen LogP contribution in [-0.4, -0.2) is 64.6 Å². The first-order chi connectivity index (χ1) is 13.5. The Bertz CT molecular complexity index is 907. The van der Waals surface area contributed by atoms with Gasteiger partial charge in [-0.2, -0.15) is 0 Å². The van der Waals surface area contributed by atoms with E-state index in [0.29, 0.717) is 11.1 Å². The number of fused-ring (bicyclic) bond motifs is 1. The fourth-order valence-electron chi connectivity index (χ4n) is 4.89. The number of rotatable bonds is 3. The molecule has 0 aliphatic carbocycles. The minimum atomic E-state index is -0.920. The number of likely N-dealkylation sites (tertiary alicyclic amines) is 1. The van der Waals surface area contributed by atoms with Gasteiger partial charge in [0.2, 0.25) is 11.8 Å². The van der Waals surface area contributed by atoms with E-state index in [-0.39, 0.29) is 24.3 Å². The van der Waals surface area contributed by atoms with Crippen molar-refractivity contribution in [2.24, 2.45) is 0 Å². The number of hydrogen-bond acceptors (Lipinski definition) is 6. The molecule has 2 N–H and O–H groups in total. The van der Waals surface area contributed by atoms with Crippen LogP contribution in [0.25, 0.3) is 0 Å². The smallest absolute Gasteiger partial charge is 0.262 e. The van der Waals surface area contributed by atoms with E-state index in [1.807, 2.05) is 6.07 Å². The van der Waals surface area contributed by atoms with Crippen LogP contribution >= 0.6 is 0 Å². The van der Waals surface area contributed by atoms with Crippen LogP contribution in [0.3, 0.4) is 0 Å². The summed E-state index contributed by atoms with van der Waals surface area (Å²) in [5.41, 5.74) is 1.92. The van der Waals surface area contributed by atoms with Gasteiger partial charge >= 0.3 is 0 Å². The Balaban J connectivity index is 1.39. The van der Waals surface area contributed by atoms with Gasteiger partial charge in [-0.05, 0) is 43.5 Å². The first-order valence-electron chi connectivity index (χ1n) is 9.79. The second-order valence-electron chi connectivity index (χ2n) is 8.18. The van der Waals surface area contributed by atoms with Crippen LogP contribution in [0.15, 0.2) is 18.2 Å². The fraction of sp³-hybridized carbons (Fsp3) is 0.500. The molecule has 3 saturated heterocycles. The number of amides is 4. The molecular weight excluding hydrogens is 360 g/mol. The van der Waals surface area contributed by atoms with Crippen molar-refractivity contribution in [1.82, 2.24) is 20.4 Å². The van der Waals surface area contributed by atoms with Crippen LogP contribution in [0.1, 0.15) is 52.0 Å². The lowest BCUT2D eigenvalue weighted by Crippen LogP contribution is -2.65. The van der Waals surface area contributed by atoms with Gasteiger partial charge in [-0.15, -0.1) is 0 Å². The third kappa shape index (κ3) is 2.51. The first kappa shape index (κ1) is 17.5. The molecule has 1 spiro atoms. The van der Waals surface area contributed by atoms with Crippen LogP contribution in [0.2, 0.25) is 0 Å². The quantitative estimate of drug-likeness (QED) is 0.716. The topological polar surface area (TPSA) is 98.8 Å². The zero-order valence-corrected chi connectivity index (χ0v) is 15.5. The minimum absolute atomic E-state index is 0.125. The third-order valence-electron chi connectivity index (χ3n) is 6.53. The number of nitrogens with zero attached hydrogens (tertiary/aromatic N) is 2. The number of carbonyl (C=O) groups is 4. The van der Waals surface area contributed by atoms with E-state index in [1.54, 1.807) is 12.1 Å². The number of benzene rings is 1. The Morgan fingerprint density at radius 1 is 1.07 bits per heavy atom. The zero-order valence-electron chi connectivity index (χ0n) is 15.5. The van der Waals surface area contributed by atoms with E-state index in [4.69, 9.17) is 0 Å². The SMILES string of the molecule is O=C1CCC(N2C(=O)c3ccc(CN4CCCC45CNC5)cc3C2=O)C(=O)N1. The molecule has 0 aromatic heterocycles. The van der Waals surface area contributed by atoms with E-state index in [0.717, 1.165) is 36.6 Å². The van der Waals surface area contributed by atoms with Gasteiger partial charge in [0.25, 0.3) is 11.8 Å². The highest BCUT2D eigenvalue weighted by atomic mass is 16.2. The highest BCUT2D eigenvalue weighted by molar-refractivity contribution is 6.23. The van der Waals surface area contributed by atoms with E-state index >= 15 is 0 Å². The number of hydrogen-bond donors (Lipinski definition) is 2. The number of nitrogens with one attached hydrogen (secondary N) is 2. The number of piperidine rings is 1. The molecule has 1 atom stereocenters. The first-order valence-corrected chi connectivity index (χ1v) is 9.79. The van der Waals surface area contributed by atoms with E-state index in [1.165, 1.54) is 12.8 Å². The van der Waals surface area contributed by atoms with Crippen molar-refractivity contribution in [2.45, 2.75) is 43.8 Å². The van der Waals surface area contributed by atoms with Gasteiger partial charge < -0.3 is 5.32 Å². The molecule has 0 radical (unpaired) electrons. The number of carbonyl (C=O) groups excluding carboxylic acids is 4. The molecule has 8 nitrogen and oxygen atoms in total. The molecule has 0 bridgehead atoms. The average molecular weight is 382 g/mol. The predicted octanol–water partition coefficient (Wildman–Crippen LogP) is 0.0256. The Hall–Kier alpha value is -2.58. The molecule has 1 unspecified atom stereocenters. The molecule has 28 heavy (non-hydrogen) atoms. The van der Waals surface area contributed by atoms with Crippen LogP contribution in [0, 0.1) is 0 Å². The van der Waals surface area contributed by atoms with Crippen molar-refractivity contribution in [2.75, 3.05) is 19.6 Å². The highest BCUT2D eigenvalue weighted by Gasteiger charge is 2.46. The standard InChI is InChI=1S/C20H22N4O4/c25-16-5-4-15(17(26)22-16)24-18(27)13-3-2-12(8-14(13)19(24)28)9-23-7-1-6-20(23)10-21-11-20/h2-3,8,15,21H,1,4-7,9-11H2,(H,22,25,26). The van der Waals surface area contributed by atoms with E-state index < -0.39 is 23.8 Å². The second kappa shape index (κ2) is 6.22. The molecule has 1 aromatic carbocycles. The summed E-state index contributed by atoms with van der Waals surface area (Å²) in [6.45, 7) is 3.78. The lowest BCUT2D eigenvalue weighted by Gasteiger charge is -2.46. The lowest BCUT2D eigenvalue weighted by atomic mass is 9.89. The average Bonchev–Trinajstić information content (AvgIpc) is 3.16. The molecule has 4 amide bonds. The summed E-state index contributed by atoms with van der Waals surface area (Å²) < 4.78 is 0. The Morgan fingerprint density at radius 3 is 2.57 bits per heavy atom. The molecule has 4 heterocycles. The summed E-state index contributed by atoms with van der Waals surface area (Å²) in [7, 11) is 0. The summed E-state index contributed by atoms with van der Waals surface area (Å²) in [6.07, 6.45) is 2.66. The normalized spacial score (nSPS) is 26.6. The maximum atomic E-state index is 12.9. The molecule has 0 saturated carbocycles. The third-order valence-corrected chi connectivity index (χ3v) is 6.53. The van der Waals surface area contributed by atoms with Crippen LogP contribution < -0.4 is 10.6 Å². The zero-order chi connectivity index (χ0) is 19.5. The summed E-state index contributed by atoms with van der Waals surface area (Å²) in [5.74, 6) is -1.85. The summed E-state index contributed by atoms with van der Waals surface area (Å²) in [5, 5.41) is 5.57. The van der Waals surface area contributed by atoms with Crippen molar-refractivity contribution < 1.29 is 19.2 Å². The van der Waals surface area contributed by atoms with Crippen LogP contribution in [0.4, 0.5) is 0 Å².